The van der Waals surface area contributed by atoms with Crippen molar-refractivity contribution in [3.8, 4) is 23.3 Å². The van der Waals surface area contributed by atoms with Gasteiger partial charge in [-0.05, 0) is 49.8 Å². The number of hydrogen-bond acceptors (Lipinski definition) is 3. The molecule has 108 valence electrons. The minimum atomic E-state index is 0.304. The molecule has 0 radical (unpaired) electrons. The standard InChI is InChI=1S/C17H23NO2/c1-13-5-7-15(8-6-13)20-17-10-9-16(19-2)12-14(17)4-3-11-18/h9-10,12-13,15H,5-8,11,18H2,1-2H3. The minimum Gasteiger partial charge on any atom is -0.497 e. The van der Waals surface area contributed by atoms with E-state index in [0.29, 0.717) is 12.6 Å². The highest BCUT2D eigenvalue weighted by Gasteiger charge is 2.20. The van der Waals surface area contributed by atoms with Crippen LogP contribution in [0, 0.1) is 17.8 Å². The van der Waals surface area contributed by atoms with E-state index < -0.39 is 0 Å². The molecular formula is C17H23NO2. The van der Waals surface area contributed by atoms with E-state index in [4.69, 9.17) is 15.2 Å². The van der Waals surface area contributed by atoms with Gasteiger partial charge in [0.15, 0.2) is 0 Å². The van der Waals surface area contributed by atoms with Crippen LogP contribution in [0.1, 0.15) is 38.2 Å². The summed E-state index contributed by atoms with van der Waals surface area (Å²) in [4.78, 5) is 0. The highest BCUT2D eigenvalue weighted by molar-refractivity contribution is 5.50. The van der Waals surface area contributed by atoms with Crippen molar-refractivity contribution < 1.29 is 9.47 Å². The van der Waals surface area contributed by atoms with Crippen LogP contribution in [0.15, 0.2) is 18.2 Å². The predicted octanol–water partition coefficient (Wildman–Crippen LogP) is 2.96. The number of benzene rings is 1. The maximum absolute atomic E-state index is 6.13. The molecule has 3 nitrogen and oxygen atoms in total. The molecule has 1 aromatic carbocycles. The van der Waals surface area contributed by atoms with E-state index in [2.05, 4.69) is 18.8 Å². The molecule has 0 aromatic heterocycles. The number of methoxy groups -OCH3 is 1. The van der Waals surface area contributed by atoms with E-state index in [0.717, 1.165) is 35.8 Å². The molecular weight excluding hydrogens is 250 g/mol. The van der Waals surface area contributed by atoms with Crippen LogP contribution >= 0.6 is 0 Å². The summed E-state index contributed by atoms with van der Waals surface area (Å²) in [6.45, 7) is 2.65. The van der Waals surface area contributed by atoms with Crippen molar-refractivity contribution in [2.45, 2.75) is 38.7 Å². The van der Waals surface area contributed by atoms with Crippen LogP contribution in [0.3, 0.4) is 0 Å². The molecule has 3 heteroatoms. The molecule has 2 N–H and O–H groups in total. The average Bonchev–Trinajstić information content (AvgIpc) is 2.48. The summed E-state index contributed by atoms with van der Waals surface area (Å²) in [6.07, 6.45) is 5.03. The predicted molar refractivity (Wildman–Crippen MR) is 81.0 cm³/mol. The second-order valence-corrected chi connectivity index (χ2v) is 5.37. The Hall–Kier alpha value is -1.66. The van der Waals surface area contributed by atoms with Gasteiger partial charge in [-0.2, -0.15) is 0 Å². The fourth-order valence-corrected chi connectivity index (χ4v) is 2.51. The number of rotatable bonds is 3. The Morgan fingerprint density at radius 1 is 1.25 bits per heavy atom. The van der Waals surface area contributed by atoms with Crippen molar-refractivity contribution in [2.24, 2.45) is 11.7 Å². The largest absolute Gasteiger partial charge is 0.497 e. The van der Waals surface area contributed by atoms with Gasteiger partial charge in [-0.25, -0.2) is 0 Å². The highest BCUT2D eigenvalue weighted by Crippen LogP contribution is 2.30. The number of ether oxygens (including phenoxy) is 2. The van der Waals surface area contributed by atoms with E-state index in [1.165, 1.54) is 12.8 Å². The molecule has 0 saturated heterocycles. The first-order chi connectivity index (χ1) is 9.72. The summed E-state index contributed by atoms with van der Waals surface area (Å²) in [5, 5.41) is 0. The number of hydrogen-bond donors (Lipinski definition) is 1. The van der Waals surface area contributed by atoms with Crippen LogP contribution in [0.2, 0.25) is 0 Å². The Morgan fingerprint density at radius 3 is 2.65 bits per heavy atom. The van der Waals surface area contributed by atoms with E-state index in [1.807, 2.05) is 18.2 Å². The molecule has 0 heterocycles. The van der Waals surface area contributed by atoms with Crippen molar-refractivity contribution in [2.75, 3.05) is 13.7 Å². The summed E-state index contributed by atoms with van der Waals surface area (Å²) in [6, 6.07) is 5.76. The summed E-state index contributed by atoms with van der Waals surface area (Å²) in [5.74, 6) is 8.40. The SMILES string of the molecule is COc1ccc(OC2CCC(C)CC2)c(C#CCN)c1. The first-order valence-electron chi connectivity index (χ1n) is 7.26. The maximum Gasteiger partial charge on any atom is 0.135 e. The Kier molecular flexibility index (Phi) is 5.31. The van der Waals surface area contributed by atoms with E-state index >= 15 is 0 Å². The molecule has 1 fully saturated rings. The molecule has 0 amide bonds. The molecule has 1 aromatic rings. The second kappa shape index (κ2) is 7.21. The molecule has 20 heavy (non-hydrogen) atoms. The lowest BCUT2D eigenvalue weighted by Crippen LogP contribution is -2.23. The zero-order valence-electron chi connectivity index (χ0n) is 12.3. The lowest BCUT2D eigenvalue weighted by atomic mass is 9.89. The summed E-state index contributed by atoms with van der Waals surface area (Å²) < 4.78 is 11.4. The molecule has 0 spiro atoms. The monoisotopic (exact) mass is 273 g/mol. The van der Waals surface area contributed by atoms with Crippen LogP contribution in [-0.2, 0) is 0 Å². The van der Waals surface area contributed by atoms with Crippen LogP contribution in [0.4, 0.5) is 0 Å². The van der Waals surface area contributed by atoms with Crippen molar-refractivity contribution in [1.29, 1.82) is 0 Å². The molecule has 0 aliphatic heterocycles. The normalized spacial score (nSPS) is 21.8. The van der Waals surface area contributed by atoms with Gasteiger partial charge < -0.3 is 15.2 Å². The Balaban J connectivity index is 2.13. The van der Waals surface area contributed by atoms with Gasteiger partial charge in [0.2, 0.25) is 0 Å². The van der Waals surface area contributed by atoms with Crippen molar-refractivity contribution in [3.63, 3.8) is 0 Å². The van der Waals surface area contributed by atoms with Crippen LogP contribution in [-0.4, -0.2) is 19.8 Å². The Labute approximate surface area is 121 Å². The Bertz CT molecular complexity index is 493. The van der Waals surface area contributed by atoms with E-state index in [9.17, 15) is 0 Å². The first-order valence-corrected chi connectivity index (χ1v) is 7.26. The fraction of sp³-hybridized carbons (Fsp3) is 0.529. The molecule has 2 rings (SSSR count). The van der Waals surface area contributed by atoms with Gasteiger partial charge in [0.1, 0.15) is 11.5 Å². The maximum atomic E-state index is 6.13. The van der Waals surface area contributed by atoms with Gasteiger partial charge in [-0.1, -0.05) is 18.8 Å². The lowest BCUT2D eigenvalue weighted by molar-refractivity contribution is 0.135. The smallest absolute Gasteiger partial charge is 0.135 e. The third-order valence-electron chi connectivity index (χ3n) is 3.77. The Morgan fingerprint density at radius 2 is 2.00 bits per heavy atom. The van der Waals surface area contributed by atoms with Gasteiger partial charge in [0, 0.05) is 0 Å². The van der Waals surface area contributed by atoms with Crippen LogP contribution < -0.4 is 15.2 Å². The molecule has 1 aliphatic rings. The highest BCUT2D eigenvalue weighted by atomic mass is 16.5. The fourth-order valence-electron chi connectivity index (χ4n) is 2.51. The third-order valence-corrected chi connectivity index (χ3v) is 3.77. The van der Waals surface area contributed by atoms with Gasteiger partial charge in [-0.15, -0.1) is 0 Å². The summed E-state index contributed by atoms with van der Waals surface area (Å²) in [7, 11) is 1.65. The van der Waals surface area contributed by atoms with Crippen molar-refractivity contribution in [3.05, 3.63) is 23.8 Å². The molecule has 0 bridgehead atoms. The van der Waals surface area contributed by atoms with Gasteiger partial charge in [0.05, 0.1) is 25.3 Å². The minimum absolute atomic E-state index is 0.304. The molecule has 0 atom stereocenters. The molecule has 0 unspecified atom stereocenters. The third kappa shape index (κ3) is 3.91. The topological polar surface area (TPSA) is 44.5 Å². The van der Waals surface area contributed by atoms with Crippen LogP contribution in [0.5, 0.6) is 11.5 Å². The lowest BCUT2D eigenvalue weighted by Gasteiger charge is -2.27. The average molecular weight is 273 g/mol. The van der Waals surface area contributed by atoms with E-state index in [1.54, 1.807) is 7.11 Å². The molecule has 1 aliphatic carbocycles. The second-order valence-electron chi connectivity index (χ2n) is 5.37. The zero-order chi connectivity index (χ0) is 14.4. The van der Waals surface area contributed by atoms with Crippen molar-refractivity contribution in [1.82, 2.24) is 0 Å². The van der Waals surface area contributed by atoms with E-state index in [-0.39, 0.29) is 0 Å². The summed E-state index contributed by atoms with van der Waals surface area (Å²) in [5.41, 5.74) is 6.31. The quantitative estimate of drug-likeness (QED) is 0.861. The molecule has 1 saturated carbocycles. The van der Waals surface area contributed by atoms with Crippen molar-refractivity contribution >= 4 is 0 Å². The van der Waals surface area contributed by atoms with Gasteiger partial charge >= 0.3 is 0 Å². The zero-order valence-corrected chi connectivity index (χ0v) is 12.3. The first kappa shape index (κ1) is 14.7. The summed E-state index contributed by atoms with van der Waals surface area (Å²) >= 11 is 0. The van der Waals surface area contributed by atoms with Gasteiger partial charge in [-0.3, -0.25) is 0 Å². The van der Waals surface area contributed by atoms with Crippen LogP contribution in [0.25, 0.3) is 0 Å². The number of nitrogens with two attached hydrogens (primary N) is 1. The van der Waals surface area contributed by atoms with Gasteiger partial charge in [0.25, 0.3) is 0 Å².